The first-order valence-corrected chi connectivity index (χ1v) is 12.1. The van der Waals surface area contributed by atoms with E-state index in [-0.39, 0.29) is 5.91 Å². The number of aromatic nitrogens is 2. The molecule has 0 spiro atoms. The highest BCUT2D eigenvalue weighted by Crippen LogP contribution is 2.31. The van der Waals surface area contributed by atoms with Gasteiger partial charge < -0.3 is 4.74 Å². The van der Waals surface area contributed by atoms with Gasteiger partial charge in [-0.05, 0) is 79.6 Å². The molecule has 3 aromatic carbocycles. The summed E-state index contributed by atoms with van der Waals surface area (Å²) in [6.45, 7) is 4.59. The summed E-state index contributed by atoms with van der Waals surface area (Å²) in [7, 11) is 0. The number of carbonyl (C=O) groups excluding carboxylic acids is 1. The van der Waals surface area contributed by atoms with Crippen LogP contribution in [-0.2, 0) is 0 Å². The molecule has 6 nitrogen and oxygen atoms in total. The first-order chi connectivity index (χ1) is 16.1. The van der Waals surface area contributed by atoms with Crippen LogP contribution in [0, 0.1) is 6.92 Å². The fourth-order valence-corrected chi connectivity index (χ4v) is 5.09. The molecule has 0 radical (unpaired) electrons. The van der Waals surface area contributed by atoms with E-state index in [1.165, 1.54) is 27.7 Å². The Morgan fingerprint density at radius 3 is 2.70 bits per heavy atom. The molecule has 0 fully saturated rings. The molecule has 0 aliphatic carbocycles. The fraction of sp³-hybridized carbons (Fsp3) is 0.120. The molecule has 1 amide bonds. The van der Waals surface area contributed by atoms with Crippen molar-refractivity contribution in [1.82, 2.24) is 9.97 Å². The molecule has 164 valence electrons. The zero-order chi connectivity index (χ0) is 22.8. The number of thiazole rings is 2. The second-order valence-electron chi connectivity index (χ2n) is 7.37. The third-order valence-corrected chi connectivity index (χ3v) is 6.78. The Kier molecular flexibility index (Phi) is 5.85. The largest absolute Gasteiger partial charge is 0.494 e. The number of nitrogens with zero attached hydrogens (tertiary/aromatic N) is 4. The van der Waals surface area contributed by atoms with Gasteiger partial charge in [-0.25, -0.2) is 9.97 Å². The van der Waals surface area contributed by atoms with Crippen LogP contribution in [-0.4, -0.2) is 28.7 Å². The van der Waals surface area contributed by atoms with Crippen molar-refractivity contribution in [3.63, 3.8) is 0 Å². The van der Waals surface area contributed by atoms with Crippen molar-refractivity contribution in [2.75, 3.05) is 11.6 Å². The van der Waals surface area contributed by atoms with Crippen LogP contribution in [0.3, 0.4) is 0 Å². The Morgan fingerprint density at radius 1 is 1.06 bits per heavy atom. The smallest absolute Gasteiger partial charge is 0.280 e. The number of rotatable bonds is 6. The molecule has 0 aliphatic heterocycles. The second-order valence-corrected chi connectivity index (χ2v) is 9.26. The van der Waals surface area contributed by atoms with E-state index in [1.807, 2.05) is 62.4 Å². The van der Waals surface area contributed by atoms with Gasteiger partial charge in [0.2, 0.25) is 5.13 Å². The SMILES string of the molecule is CCOc1ccc(/C=N/N(C(=O)c2ccc3ncsc3c2)c2nc3ccc(C)cc3s2)cc1. The molecular formula is C25H20N4O2S2. The molecular weight excluding hydrogens is 452 g/mol. The first-order valence-electron chi connectivity index (χ1n) is 10.4. The zero-order valence-electron chi connectivity index (χ0n) is 18.1. The number of amides is 1. The van der Waals surface area contributed by atoms with E-state index in [0.29, 0.717) is 17.3 Å². The van der Waals surface area contributed by atoms with Crippen molar-refractivity contribution >= 4 is 60.4 Å². The van der Waals surface area contributed by atoms with E-state index in [1.54, 1.807) is 17.8 Å². The molecule has 5 aromatic rings. The zero-order valence-corrected chi connectivity index (χ0v) is 19.7. The van der Waals surface area contributed by atoms with E-state index >= 15 is 0 Å². The molecule has 0 saturated carbocycles. The number of benzene rings is 3. The molecule has 5 rings (SSSR count). The van der Waals surface area contributed by atoms with Gasteiger partial charge in [0.05, 0.1) is 38.8 Å². The fourth-order valence-electron chi connectivity index (χ4n) is 3.35. The Balaban J connectivity index is 1.53. The van der Waals surface area contributed by atoms with E-state index < -0.39 is 0 Å². The van der Waals surface area contributed by atoms with Crippen LogP contribution in [0.2, 0.25) is 0 Å². The highest BCUT2D eigenvalue weighted by atomic mass is 32.1. The average molecular weight is 473 g/mol. The normalized spacial score (nSPS) is 11.5. The van der Waals surface area contributed by atoms with Gasteiger partial charge in [0.25, 0.3) is 5.91 Å². The van der Waals surface area contributed by atoms with Crippen molar-refractivity contribution in [2.24, 2.45) is 5.10 Å². The van der Waals surface area contributed by atoms with Gasteiger partial charge in [0.15, 0.2) is 0 Å². The Labute approximate surface area is 198 Å². The highest BCUT2D eigenvalue weighted by Gasteiger charge is 2.21. The number of hydrazone groups is 1. The molecule has 2 aromatic heterocycles. The molecule has 0 aliphatic rings. The number of hydrogen-bond acceptors (Lipinski definition) is 7. The lowest BCUT2D eigenvalue weighted by Gasteiger charge is -2.14. The van der Waals surface area contributed by atoms with Gasteiger partial charge in [-0.2, -0.15) is 10.1 Å². The Hall–Kier alpha value is -3.62. The first kappa shape index (κ1) is 21.2. The van der Waals surface area contributed by atoms with Crippen molar-refractivity contribution in [1.29, 1.82) is 0 Å². The van der Waals surface area contributed by atoms with Gasteiger partial charge in [0.1, 0.15) is 5.75 Å². The monoisotopic (exact) mass is 472 g/mol. The molecule has 8 heteroatoms. The summed E-state index contributed by atoms with van der Waals surface area (Å²) in [5.41, 5.74) is 6.02. The Bertz CT molecular complexity index is 1470. The molecule has 33 heavy (non-hydrogen) atoms. The minimum atomic E-state index is -0.247. The second kappa shape index (κ2) is 9.09. The van der Waals surface area contributed by atoms with E-state index in [0.717, 1.165) is 37.3 Å². The maximum atomic E-state index is 13.6. The number of aryl methyl sites for hydroxylation is 1. The summed E-state index contributed by atoms with van der Waals surface area (Å²) in [5.74, 6) is 0.547. The van der Waals surface area contributed by atoms with Gasteiger partial charge in [-0.1, -0.05) is 17.4 Å². The molecule has 0 saturated heterocycles. The lowest BCUT2D eigenvalue weighted by atomic mass is 10.2. The van der Waals surface area contributed by atoms with Crippen LogP contribution < -0.4 is 9.75 Å². The van der Waals surface area contributed by atoms with Gasteiger partial charge in [0, 0.05) is 5.56 Å². The Morgan fingerprint density at radius 2 is 1.88 bits per heavy atom. The molecule has 0 unspecified atom stereocenters. The lowest BCUT2D eigenvalue weighted by molar-refractivity contribution is 0.0988. The maximum Gasteiger partial charge on any atom is 0.280 e. The third-order valence-electron chi connectivity index (χ3n) is 5.00. The number of carbonyl (C=O) groups is 1. The number of ether oxygens (including phenoxy) is 1. The van der Waals surface area contributed by atoms with E-state index in [4.69, 9.17) is 4.74 Å². The van der Waals surface area contributed by atoms with Crippen LogP contribution in [0.1, 0.15) is 28.4 Å². The summed E-state index contributed by atoms with van der Waals surface area (Å²) >= 11 is 2.94. The lowest BCUT2D eigenvalue weighted by Crippen LogP contribution is -2.25. The van der Waals surface area contributed by atoms with Crippen LogP contribution in [0.15, 0.2) is 71.3 Å². The number of hydrogen-bond donors (Lipinski definition) is 0. The van der Waals surface area contributed by atoms with Gasteiger partial charge >= 0.3 is 0 Å². The third kappa shape index (κ3) is 4.48. The molecule has 0 atom stereocenters. The van der Waals surface area contributed by atoms with Crippen molar-refractivity contribution in [3.8, 4) is 5.75 Å². The van der Waals surface area contributed by atoms with Crippen molar-refractivity contribution < 1.29 is 9.53 Å². The van der Waals surface area contributed by atoms with E-state index in [2.05, 4.69) is 21.1 Å². The number of anilines is 1. The predicted molar refractivity (Wildman–Crippen MR) is 136 cm³/mol. The highest BCUT2D eigenvalue weighted by molar-refractivity contribution is 7.22. The predicted octanol–water partition coefficient (Wildman–Crippen LogP) is 6.29. The molecule has 2 heterocycles. The molecule has 0 N–H and O–H groups in total. The maximum absolute atomic E-state index is 13.6. The minimum absolute atomic E-state index is 0.247. The minimum Gasteiger partial charge on any atom is -0.494 e. The average Bonchev–Trinajstić information content (AvgIpc) is 3.46. The van der Waals surface area contributed by atoms with Gasteiger partial charge in [-0.3, -0.25) is 4.79 Å². The standard InChI is InChI=1S/C25H20N4O2S2/c1-3-31-19-8-5-17(6-9-19)14-27-29(25-28-21-10-4-16(2)12-23(21)33-25)24(30)18-7-11-20-22(13-18)32-15-26-20/h4-15H,3H2,1-2H3/b27-14+. The van der Waals surface area contributed by atoms with Crippen molar-refractivity contribution in [3.05, 3.63) is 82.9 Å². The quantitative estimate of drug-likeness (QED) is 0.215. The molecule has 0 bridgehead atoms. The van der Waals surface area contributed by atoms with Crippen molar-refractivity contribution in [2.45, 2.75) is 13.8 Å². The summed E-state index contributed by atoms with van der Waals surface area (Å²) in [5, 5.41) is 6.45. The topological polar surface area (TPSA) is 67.7 Å². The summed E-state index contributed by atoms with van der Waals surface area (Å²) in [6, 6.07) is 19.1. The summed E-state index contributed by atoms with van der Waals surface area (Å²) in [4.78, 5) is 22.5. The van der Waals surface area contributed by atoms with E-state index in [9.17, 15) is 4.79 Å². The summed E-state index contributed by atoms with van der Waals surface area (Å²) in [6.07, 6.45) is 1.66. The van der Waals surface area contributed by atoms with Crippen LogP contribution in [0.25, 0.3) is 20.4 Å². The van der Waals surface area contributed by atoms with Crippen LogP contribution in [0.5, 0.6) is 5.75 Å². The van der Waals surface area contributed by atoms with Crippen LogP contribution >= 0.6 is 22.7 Å². The van der Waals surface area contributed by atoms with Gasteiger partial charge in [-0.15, -0.1) is 11.3 Å². The number of fused-ring (bicyclic) bond motifs is 2. The summed E-state index contributed by atoms with van der Waals surface area (Å²) < 4.78 is 7.47. The van der Waals surface area contributed by atoms with Crippen LogP contribution in [0.4, 0.5) is 5.13 Å².